The number of fused-ring (bicyclic) bond motifs is 1. The average molecular weight is 551 g/mol. The highest BCUT2D eigenvalue weighted by Crippen LogP contribution is 2.27. The lowest BCUT2D eigenvalue weighted by Gasteiger charge is -2.31. The molecule has 0 saturated heterocycles. The molecule has 40 heavy (non-hydrogen) atoms. The van der Waals surface area contributed by atoms with Gasteiger partial charge >= 0.3 is 6.03 Å². The maximum absolute atomic E-state index is 14.0. The monoisotopic (exact) mass is 550 g/mol. The first-order valence-corrected chi connectivity index (χ1v) is 13.7. The number of carbonyl (C=O) groups excluding carboxylic acids is 1. The van der Waals surface area contributed by atoms with Crippen LogP contribution in [0.4, 0.5) is 10.5 Å². The van der Waals surface area contributed by atoms with Gasteiger partial charge in [-0.3, -0.25) is 9.36 Å². The first kappa shape index (κ1) is 27.2. The summed E-state index contributed by atoms with van der Waals surface area (Å²) in [5.74, 6) is 0.474. The Labute approximate surface area is 238 Å². The summed E-state index contributed by atoms with van der Waals surface area (Å²) in [6.07, 6.45) is 0.643. The zero-order chi connectivity index (χ0) is 28.2. The maximum atomic E-state index is 14.0. The summed E-state index contributed by atoms with van der Waals surface area (Å²) in [7, 11) is 0. The van der Waals surface area contributed by atoms with Gasteiger partial charge < -0.3 is 10.2 Å². The highest BCUT2D eigenvalue weighted by molar-refractivity contribution is 6.30. The lowest BCUT2D eigenvalue weighted by atomic mass is 10.1. The molecular weight excluding hydrogens is 520 g/mol. The zero-order valence-corrected chi connectivity index (χ0v) is 23.5. The highest BCUT2D eigenvalue weighted by Gasteiger charge is 2.27. The van der Waals surface area contributed by atoms with Crippen LogP contribution in [0.15, 0.2) is 102 Å². The Bertz CT molecular complexity index is 1730. The predicted molar refractivity (Wildman–Crippen MR) is 163 cm³/mol. The van der Waals surface area contributed by atoms with Gasteiger partial charge in [-0.05, 0) is 86.3 Å². The maximum Gasteiger partial charge on any atom is 0.322 e. The number of amides is 2. The third-order valence-corrected chi connectivity index (χ3v) is 7.29. The Hall–Kier alpha value is -4.42. The first-order valence-electron chi connectivity index (χ1n) is 13.3. The van der Waals surface area contributed by atoms with E-state index in [0.29, 0.717) is 46.1 Å². The summed E-state index contributed by atoms with van der Waals surface area (Å²) in [4.78, 5) is 34.5. The molecule has 0 fully saturated rings. The Kier molecular flexibility index (Phi) is 7.99. The minimum absolute atomic E-state index is 0.194. The van der Waals surface area contributed by atoms with Gasteiger partial charge in [-0.15, -0.1) is 0 Å². The first-order chi connectivity index (χ1) is 19.3. The number of hydrogen-bond donors (Lipinski definition) is 1. The van der Waals surface area contributed by atoms with E-state index in [2.05, 4.69) is 5.32 Å². The number of hydrogen-bond acceptors (Lipinski definition) is 3. The van der Waals surface area contributed by atoms with Crippen LogP contribution >= 0.6 is 11.6 Å². The van der Waals surface area contributed by atoms with Gasteiger partial charge in [0.1, 0.15) is 5.82 Å². The van der Waals surface area contributed by atoms with E-state index in [1.54, 1.807) is 21.6 Å². The molecule has 1 aromatic heterocycles. The Morgan fingerprint density at radius 2 is 1.70 bits per heavy atom. The van der Waals surface area contributed by atoms with Gasteiger partial charge in [-0.2, -0.15) is 0 Å². The van der Waals surface area contributed by atoms with Crippen molar-refractivity contribution >= 4 is 34.2 Å². The lowest BCUT2D eigenvalue weighted by Crippen LogP contribution is -2.41. The van der Waals surface area contributed by atoms with Crippen molar-refractivity contribution in [2.75, 3.05) is 11.9 Å². The average Bonchev–Trinajstić information content (AvgIpc) is 2.94. The smallest absolute Gasteiger partial charge is 0.314 e. The van der Waals surface area contributed by atoms with E-state index >= 15 is 0 Å². The number of aryl methyl sites for hydroxylation is 2. The van der Waals surface area contributed by atoms with Crippen molar-refractivity contribution in [1.82, 2.24) is 14.5 Å². The Morgan fingerprint density at radius 1 is 0.950 bits per heavy atom. The quantitative estimate of drug-likeness (QED) is 0.228. The van der Waals surface area contributed by atoms with E-state index in [1.165, 1.54) is 0 Å². The van der Waals surface area contributed by atoms with Crippen LogP contribution < -0.4 is 10.9 Å². The molecule has 0 bridgehead atoms. The van der Waals surface area contributed by atoms with Crippen LogP contribution in [-0.2, 0) is 6.42 Å². The molecule has 1 unspecified atom stereocenters. The van der Waals surface area contributed by atoms with Crippen LogP contribution in [-0.4, -0.2) is 27.0 Å². The number of urea groups is 1. The molecule has 0 saturated carbocycles. The molecule has 5 rings (SSSR count). The van der Waals surface area contributed by atoms with Crippen LogP contribution in [0.25, 0.3) is 16.6 Å². The van der Waals surface area contributed by atoms with E-state index < -0.39 is 6.04 Å². The number of anilines is 1. The fourth-order valence-corrected chi connectivity index (χ4v) is 5.18. The molecule has 0 aliphatic heterocycles. The molecule has 2 amide bonds. The third-order valence-electron chi connectivity index (χ3n) is 7.06. The van der Waals surface area contributed by atoms with E-state index in [1.807, 2.05) is 106 Å². The van der Waals surface area contributed by atoms with Crippen molar-refractivity contribution in [3.05, 3.63) is 135 Å². The van der Waals surface area contributed by atoms with Gasteiger partial charge in [-0.1, -0.05) is 66.2 Å². The van der Waals surface area contributed by atoms with Gasteiger partial charge in [0.05, 0.1) is 22.6 Å². The molecule has 0 spiro atoms. The second-order valence-corrected chi connectivity index (χ2v) is 10.4. The molecule has 0 aliphatic carbocycles. The summed E-state index contributed by atoms with van der Waals surface area (Å²) in [5, 5.41) is 4.14. The fourth-order valence-electron chi connectivity index (χ4n) is 4.96. The van der Waals surface area contributed by atoms with Crippen molar-refractivity contribution in [3.63, 3.8) is 0 Å². The molecular formula is C33H31ClN4O2. The molecule has 1 N–H and O–H groups in total. The molecule has 0 radical (unpaired) electrons. The van der Waals surface area contributed by atoms with Gasteiger partial charge in [0.25, 0.3) is 5.56 Å². The molecule has 0 aliphatic rings. The molecule has 6 nitrogen and oxygen atoms in total. The number of carbonyl (C=O) groups is 1. The summed E-state index contributed by atoms with van der Waals surface area (Å²) in [5.41, 5.74) is 4.76. The van der Waals surface area contributed by atoms with E-state index in [9.17, 15) is 9.59 Å². The molecule has 1 atom stereocenters. The number of halogens is 1. The summed E-state index contributed by atoms with van der Waals surface area (Å²) in [6, 6.07) is 29.6. The van der Waals surface area contributed by atoms with Crippen molar-refractivity contribution in [2.24, 2.45) is 0 Å². The molecule has 202 valence electrons. The SMILES string of the molecule is Cc1cccc(NC(=O)N(CCc2ccccc2)C(C)c2nc3ccccc3c(=O)n2-c2ccc(Cl)cc2C)c1. The topological polar surface area (TPSA) is 67.2 Å². The number of benzene rings is 4. The number of nitrogens with one attached hydrogen (secondary N) is 1. The van der Waals surface area contributed by atoms with Crippen LogP contribution in [0.3, 0.4) is 0 Å². The molecule has 5 aromatic rings. The van der Waals surface area contributed by atoms with E-state index in [4.69, 9.17) is 16.6 Å². The summed E-state index contributed by atoms with van der Waals surface area (Å²) >= 11 is 6.26. The van der Waals surface area contributed by atoms with Crippen LogP contribution in [0.5, 0.6) is 0 Å². The number of nitrogens with zero attached hydrogens (tertiary/aromatic N) is 3. The number of aromatic nitrogens is 2. The normalized spacial score (nSPS) is 11.8. The van der Waals surface area contributed by atoms with Crippen molar-refractivity contribution in [3.8, 4) is 5.69 Å². The van der Waals surface area contributed by atoms with Gasteiger partial charge in [0, 0.05) is 17.3 Å². The predicted octanol–water partition coefficient (Wildman–Crippen LogP) is 7.49. The van der Waals surface area contributed by atoms with Crippen molar-refractivity contribution in [2.45, 2.75) is 33.2 Å². The van der Waals surface area contributed by atoms with Crippen LogP contribution in [0.2, 0.25) is 5.02 Å². The third kappa shape index (κ3) is 5.77. The minimum Gasteiger partial charge on any atom is -0.314 e. The van der Waals surface area contributed by atoms with Crippen molar-refractivity contribution < 1.29 is 4.79 Å². The van der Waals surface area contributed by atoms with Gasteiger partial charge in [-0.25, -0.2) is 9.78 Å². The second kappa shape index (κ2) is 11.8. The molecule has 4 aromatic carbocycles. The lowest BCUT2D eigenvalue weighted by molar-refractivity contribution is 0.190. The summed E-state index contributed by atoms with van der Waals surface area (Å²) < 4.78 is 1.62. The number of rotatable bonds is 7. The Morgan fingerprint density at radius 3 is 2.45 bits per heavy atom. The van der Waals surface area contributed by atoms with E-state index in [0.717, 1.165) is 16.7 Å². The van der Waals surface area contributed by atoms with E-state index in [-0.39, 0.29) is 11.6 Å². The fraction of sp³-hybridized carbons (Fsp3) is 0.182. The standard InChI is InChI=1S/C33H31ClN4O2/c1-22-10-9-13-27(20-22)35-33(40)37(19-18-25-11-5-4-6-12-25)24(3)31-36-29-15-8-7-14-28(29)32(39)38(31)30-17-16-26(34)21-23(30)2/h4-17,20-21,24H,18-19H2,1-3H3,(H,35,40). The van der Waals surface area contributed by atoms with Crippen molar-refractivity contribution in [1.29, 1.82) is 0 Å². The molecule has 1 heterocycles. The number of para-hydroxylation sites is 1. The largest absolute Gasteiger partial charge is 0.322 e. The highest BCUT2D eigenvalue weighted by atomic mass is 35.5. The van der Waals surface area contributed by atoms with Gasteiger partial charge in [0.15, 0.2) is 0 Å². The minimum atomic E-state index is -0.541. The van der Waals surface area contributed by atoms with Crippen LogP contribution in [0, 0.1) is 13.8 Å². The zero-order valence-electron chi connectivity index (χ0n) is 22.8. The molecule has 7 heteroatoms. The van der Waals surface area contributed by atoms with Crippen LogP contribution in [0.1, 0.15) is 35.5 Å². The van der Waals surface area contributed by atoms with Gasteiger partial charge in [0.2, 0.25) is 0 Å². The Balaban J connectivity index is 1.62. The summed E-state index contributed by atoms with van der Waals surface area (Å²) in [6.45, 7) is 6.23. The second-order valence-electron chi connectivity index (χ2n) is 9.96.